The summed E-state index contributed by atoms with van der Waals surface area (Å²) in [5.74, 6) is 0.536. The number of benzene rings is 1. The van der Waals surface area contributed by atoms with Crippen molar-refractivity contribution in [3.63, 3.8) is 0 Å². The van der Waals surface area contributed by atoms with Crippen LogP contribution in [0.1, 0.15) is 18.6 Å². The van der Waals surface area contributed by atoms with E-state index in [4.69, 9.17) is 18.6 Å². The number of hydrogen-bond donors (Lipinski definition) is 1. The van der Waals surface area contributed by atoms with Crippen LogP contribution >= 0.6 is 0 Å². The van der Waals surface area contributed by atoms with Crippen molar-refractivity contribution < 1.29 is 23.7 Å². The van der Waals surface area contributed by atoms with Gasteiger partial charge >= 0.3 is 5.63 Å². The van der Waals surface area contributed by atoms with Gasteiger partial charge in [0.05, 0.1) is 12.7 Å². The van der Waals surface area contributed by atoms with E-state index in [1.54, 1.807) is 25.1 Å². The Morgan fingerprint density at radius 2 is 2.05 bits per heavy atom. The van der Waals surface area contributed by atoms with Gasteiger partial charge in [-0.1, -0.05) is 0 Å². The molecule has 0 aliphatic carbocycles. The summed E-state index contributed by atoms with van der Waals surface area (Å²) in [7, 11) is 1.53. The smallest absolute Gasteiger partial charge is 0.336 e. The fourth-order valence-corrected chi connectivity index (χ4v) is 2.95. The number of fused-ring (bicyclic) bond motifs is 2. The predicted molar refractivity (Wildman–Crippen MR) is 72.1 cm³/mol. The maximum Gasteiger partial charge on any atom is 0.336 e. The number of epoxide rings is 1. The minimum atomic E-state index is -1.01. The van der Waals surface area contributed by atoms with Gasteiger partial charge < -0.3 is 23.7 Å². The molecule has 0 spiro atoms. The Morgan fingerprint density at radius 1 is 1.29 bits per heavy atom. The zero-order valence-electron chi connectivity index (χ0n) is 11.5. The summed E-state index contributed by atoms with van der Waals surface area (Å²) in [4.78, 5) is 11.5. The van der Waals surface area contributed by atoms with Crippen LogP contribution in [0.5, 0.6) is 5.75 Å². The first-order chi connectivity index (χ1) is 10.0. The lowest BCUT2D eigenvalue weighted by Gasteiger charge is -2.18. The highest BCUT2D eigenvalue weighted by atomic mass is 16.7. The first-order valence-corrected chi connectivity index (χ1v) is 6.66. The standard InChI is InChI=1S/C15H14O6/c1-15-13(21-15)12(20-14(15)17)10-8(18-2)5-3-7-4-6-9(16)19-11(7)10/h3-6,12-14,17H,1-2H3/t12-,13-,14?,15-/m0/s1. The quantitative estimate of drug-likeness (QED) is 0.664. The summed E-state index contributed by atoms with van der Waals surface area (Å²) in [5, 5.41) is 10.7. The number of hydrogen-bond acceptors (Lipinski definition) is 6. The molecular weight excluding hydrogens is 276 g/mol. The molecule has 1 unspecified atom stereocenters. The van der Waals surface area contributed by atoms with E-state index in [2.05, 4.69) is 0 Å². The van der Waals surface area contributed by atoms with Crippen molar-refractivity contribution >= 4 is 11.0 Å². The third-order valence-electron chi connectivity index (χ3n) is 4.22. The zero-order valence-corrected chi connectivity index (χ0v) is 11.5. The molecule has 2 fully saturated rings. The van der Waals surface area contributed by atoms with Gasteiger partial charge in [-0.3, -0.25) is 0 Å². The van der Waals surface area contributed by atoms with Crippen molar-refractivity contribution in [2.75, 3.05) is 7.11 Å². The topological polar surface area (TPSA) is 81.4 Å². The van der Waals surface area contributed by atoms with Crippen molar-refractivity contribution in [3.05, 3.63) is 40.2 Å². The molecule has 0 bridgehead atoms. The maximum atomic E-state index is 11.5. The Bertz CT molecular complexity index is 781. The SMILES string of the molecule is COc1ccc2ccc(=O)oc2c1[C@@H]1OC(O)[C@@]2(C)O[C@@H]12. The van der Waals surface area contributed by atoms with Crippen LogP contribution in [0.25, 0.3) is 11.0 Å². The van der Waals surface area contributed by atoms with E-state index in [0.29, 0.717) is 16.9 Å². The molecule has 6 heteroatoms. The minimum absolute atomic E-state index is 0.280. The molecule has 4 rings (SSSR count). The summed E-state index contributed by atoms with van der Waals surface area (Å²) in [6.07, 6.45) is -1.82. The first-order valence-electron chi connectivity index (χ1n) is 6.66. The molecule has 2 saturated heterocycles. The van der Waals surface area contributed by atoms with E-state index < -0.39 is 23.6 Å². The van der Waals surface area contributed by atoms with Crippen LogP contribution in [0.4, 0.5) is 0 Å². The number of rotatable bonds is 2. The predicted octanol–water partition coefficient (Wildman–Crippen LogP) is 1.35. The van der Waals surface area contributed by atoms with Gasteiger partial charge in [-0.25, -0.2) is 4.79 Å². The first kappa shape index (κ1) is 12.8. The zero-order chi connectivity index (χ0) is 14.8. The van der Waals surface area contributed by atoms with Gasteiger partial charge in [-0.2, -0.15) is 0 Å². The third-order valence-corrected chi connectivity index (χ3v) is 4.22. The second kappa shape index (κ2) is 4.07. The van der Waals surface area contributed by atoms with E-state index in [9.17, 15) is 9.90 Å². The number of methoxy groups -OCH3 is 1. The number of aliphatic hydroxyl groups excluding tert-OH is 1. The second-order valence-electron chi connectivity index (χ2n) is 5.49. The van der Waals surface area contributed by atoms with E-state index in [0.717, 1.165) is 5.39 Å². The fraction of sp³-hybridized carbons (Fsp3) is 0.400. The van der Waals surface area contributed by atoms with Gasteiger partial charge in [0, 0.05) is 11.5 Å². The molecule has 0 radical (unpaired) electrons. The summed E-state index contributed by atoms with van der Waals surface area (Å²) in [5.41, 5.74) is -0.154. The molecular formula is C15H14O6. The van der Waals surface area contributed by atoms with Gasteiger partial charge in [0.1, 0.15) is 29.1 Å². The van der Waals surface area contributed by atoms with Crippen molar-refractivity contribution in [2.24, 2.45) is 0 Å². The van der Waals surface area contributed by atoms with E-state index >= 15 is 0 Å². The van der Waals surface area contributed by atoms with E-state index in [1.807, 2.05) is 0 Å². The van der Waals surface area contributed by atoms with Crippen LogP contribution in [0, 0.1) is 0 Å². The van der Waals surface area contributed by atoms with Crippen molar-refractivity contribution in [1.29, 1.82) is 0 Å². The van der Waals surface area contributed by atoms with E-state index in [-0.39, 0.29) is 6.10 Å². The van der Waals surface area contributed by atoms with Gasteiger partial charge in [-0.05, 0) is 25.1 Å². The molecule has 0 saturated carbocycles. The van der Waals surface area contributed by atoms with Crippen LogP contribution in [0.3, 0.4) is 0 Å². The van der Waals surface area contributed by atoms with Gasteiger partial charge in [-0.15, -0.1) is 0 Å². The highest BCUT2D eigenvalue weighted by Crippen LogP contribution is 2.57. The minimum Gasteiger partial charge on any atom is -0.496 e. The largest absolute Gasteiger partial charge is 0.496 e. The fourth-order valence-electron chi connectivity index (χ4n) is 2.95. The Labute approximate surface area is 119 Å². The Kier molecular flexibility index (Phi) is 2.48. The Balaban J connectivity index is 1.95. The van der Waals surface area contributed by atoms with Crippen LogP contribution in [-0.2, 0) is 9.47 Å². The molecule has 1 N–H and O–H groups in total. The summed E-state index contributed by atoms with van der Waals surface area (Å²) >= 11 is 0. The molecule has 1 aromatic heterocycles. The van der Waals surface area contributed by atoms with Crippen LogP contribution < -0.4 is 10.4 Å². The average molecular weight is 290 g/mol. The van der Waals surface area contributed by atoms with E-state index in [1.165, 1.54) is 13.2 Å². The van der Waals surface area contributed by atoms with Gasteiger partial charge in [0.25, 0.3) is 0 Å². The summed E-state index contributed by atoms with van der Waals surface area (Å²) < 4.78 is 21.8. The Hall–Kier alpha value is -1.89. The lowest BCUT2D eigenvalue weighted by Crippen LogP contribution is -2.24. The van der Waals surface area contributed by atoms with Crippen molar-refractivity contribution in [3.8, 4) is 5.75 Å². The van der Waals surface area contributed by atoms with Crippen LogP contribution in [-0.4, -0.2) is 30.2 Å². The normalized spacial score (nSPS) is 34.0. The van der Waals surface area contributed by atoms with Gasteiger partial charge in [0.15, 0.2) is 6.29 Å². The molecule has 3 heterocycles. The highest BCUT2D eigenvalue weighted by molar-refractivity contribution is 5.82. The number of ether oxygens (including phenoxy) is 3. The van der Waals surface area contributed by atoms with Crippen molar-refractivity contribution in [1.82, 2.24) is 0 Å². The molecule has 2 aromatic rings. The molecule has 2 aliphatic rings. The summed E-state index contributed by atoms with van der Waals surface area (Å²) in [6, 6.07) is 6.63. The molecule has 110 valence electrons. The lowest BCUT2D eigenvalue weighted by atomic mass is 9.98. The van der Waals surface area contributed by atoms with Gasteiger partial charge in [0.2, 0.25) is 0 Å². The molecule has 2 aliphatic heterocycles. The monoisotopic (exact) mass is 290 g/mol. The highest BCUT2D eigenvalue weighted by Gasteiger charge is 2.69. The molecule has 21 heavy (non-hydrogen) atoms. The van der Waals surface area contributed by atoms with Crippen LogP contribution in [0.2, 0.25) is 0 Å². The lowest BCUT2D eigenvalue weighted by molar-refractivity contribution is -0.160. The second-order valence-corrected chi connectivity index (χ2v) is 5.49. The average Bonchev–Trinajstić information content (AvgIpc) is 3.10. The van der Waals surface area contributed by atoms with Crippen LogP contribution in [0.15, 0.2) is 33.5 Å². The Morgan fingerprint density at radius 3 is 2.67 bits per heavy atom. The summed E-state index contributed by atoms with van der Waals surface area (Å²) in [6.45, 7) is 1.79. The van der Waals surface area contributed by atoms with Crippen molar-refractivity contribution in [2.45, 2.75) is 31.0 Å². The molecule has 6 nitrogen and oxygen atoms in total. The molecule has 1 aromatic carbocycles. The number of aliphatic hydroxyl groups is 1. The molecule has 4 atom stereocenters. The maximum absolute atomic E-state index is 11.5. The molecule has 0 amide bonds. The third kappa shape index (κ3) is 1.67.